The van der Waals surface area contributed by atoms with Gasteiger partial charge < -0.3 is 5.11 Å². The van der Waals surface area contributed by atoms with E-state index in [1.807, 2.05) is 24.3 Å². The minimum absolute atomic E-state index is 0.347. The fraction of sp³-hybridized carbons (Fsp3) is 0.400. The number of carboxylic acids is 1. The highest BCUT2D eigenvalue weighted by atomic mass is 16.4. The van der Waals surface area contributed by atoms with Gasteiger partial charge in [-0.3, -0.25) is 9.69 Å². The maximum atomic E-state index is 10.9. The molecule has 0 spiro atoms. The lowest BCUT2D eigenvalue weighted by molar-refractivity contribution is -0.141. The molecule has 3 heteroatoms. The number of hydrogen-bond acceptors (Lipinski definition) is 2. The van der Waals surface area contributed by atoms with Crippen molar-refractivity contribution in [3.8, 4) is 0 Å². The smallest absolute Gasteiger partial charge is 0.307 e. The highest BCUT2D eigenvalue weighted by Crippen LogP contribution is 2.05. The summed E-state index contributed by atoms with van der Waals surface area (Å²) in [6.07, 6.45) is 2.75. The quantitative estimate of drug-likeness (QED) is 0.717. The summed E-state index contributed by atoms with van der Waals surface area (Å²) in [4.78, 5) is 13.0. The predicted octanol–water partition coefficient (Wildman–Crippen LogP) is 2.44. The molecule has 0 aliphatic carbocycles. The van der Waals surface area contributed by atoms with Gasteiger partial charge in [0.1, 0.15) is 0 Å². The topological polar surface area (TPSA) is 40.5 Å². The van der Waals surface area contributed by atoms with Crippen LogP contribution in [0.5, 0.6) is 0 Å². The average molecular weight is 247 g/mol. The third-order valence-corrected chi connectivity index (χ3v) is 2.90. The molecule has 18 heavy (non-hydrogen) atoms. The Labute approximate surface area is 109 Å². The van der Waals surface area contributed by atoms with E-state index in [1.54, 1.807) is 6.92 Å². The molecule has 1 atom stereocenters. The minimum Gasteiger partial charge on any atom is -0.481 e. The molecule has 0 heterocycles. The Kier molecular flexibility index (Phi) is 6.15. The Morgan fingerprint density at radius 1 is 1.44 bits per heavy atom. The van der Waals surface area contributed by atoms with Crippen molar-refractivity contribution in [2.45, 2.75) is 13.3 Å². The van der Waals surface area contributed by atoms with Crippen molar-refractivity contribution in [2.75, 3.05) is 19.6 Å². The molecule has 1 rings (SSSR count). The summed E-state index contributed by atoms with van der Waals surface area (Å²) in [5.74, 6) is -1.09. The Morgan fingerprint density at radius 2 is 2.11 bits per heavy atom. The molecular formula is C15H21NO2. The zero-order valence-corrected chi connectivity index (χ0v) is 10.9. The van der Waals surface area contributed by atoms with E-state index >= 15 is 0 Å². The number of benzene rings is 1. The van der Waals surface area contributed by atoms with Crippen molar-refractivity contribution >= 4 is 5.97 Å². The number of aliphatic carboxylic acids is 1. The summed E-state index contributed by atoms with van der Waals surface area (Å²) in [5.41, 5.74) is 1.27. The summed E-state index contributed by atoms with van der Waals surface area (Å²) >= 11 is 0. The summed E-state index contributed by atoms with van der Waals surface area (Å²) in [6.45, 7) is 7.60. The molecule has 0 bridgehead atoms. The van der Waals surface area contributed by atoms with Gasteiger partial charge in [0.2, 0.25) is 0 Å². The number of rotatable bonds is 8. The molecule has 98 valence electrons. The monoisotopic (exact) mass is 247 g/mol. The minimum atomic E-state index is -0.747. The van der Waals surface area contributed by atoms with Crippen LogP contribution in [-0.2, 0) is 11.2 Å². The summed E-state index contributed by atoms with van der Waals surface area (Å²) in [6, 6.07) is 10.2. The molecule has 0 amide bonds. The van der Waals surface area contributed by atoms with Gasteiger partial charge in [-0.15, -0.1) is 6.58 Å². The number of carboxylic acid groups (broad SMARTS) is 1. The predicted molar refractivity (Wildman–Crippen MR) is 73.6 cm³/mol. The molecule has 1 aromatic rings. The molecule has 0 aliphatic heterocycles. The Bertz CT molecular complexity index is 375. The standard InChI is InChI=1S/C15H21NO2/c1-3-10-16(12-13(2)15(17)18)11-9-14-7-5-4-6-8-14/h3-8,13H,1,9-12H2,2H3,(H,17,18). The van der Waals surface area contributed by atoms with Gasteiger partial charge in [0.25, 0.3) is 0 Å². The fourth-order valence-electron chi connectivity index (χ4n) is 1.84. The van der Waals surface area contributed by atoms with Gasteiger partial charge >= 0.3 is 5.97 Å². The summed E-state index contributed by atoms with van der Waals surface area (Å²) in [5, 5.41) is 8.93. The van der Waals surface area contributed by atoms with E-state index in [2.05, 4.69) is 23.6 Å². The lowest BCUT2D eigenvalue weighted by Gasteiger charge is -2.22. The first kappa shape index (κ1) is 14.5. The summed E-state index contributed by atoms with van der Waals surface area (Å²) in [7, 11) is 0. The van der Waals surface area contributed by atoms with Crippen LogP contribution < -0.4 is 0 Å². The van der Waals surface area contributed by atoms with Crippen LogP contribution in [0.1, 0.15) is 12.5 Å². The molecule has 1 N–H and O–H groups in total. The summed E-state index contributed by atoms with van der Waals surface area (Å²) < 4.78 is 0. The van der Waals surface area contributed by atoms with Gasteiger partial charge in [-0.2, -0.15) is 0 Å². The molecular weight excluding hydrogens is 226 g/mol. The van der Waals surface area contributed by atoms with Crippen LogP contribution in [0.25, 0.3) is 0 Å². The van der Waals surface area contributed by atoms with E-state index in [0.717, 1.165) is 19.5 Å². The highest BCUT2D eigenvalue weighted by molar-refractivity contribution is 5.69. The van der Waals surface area contributed by atoms with Gasteiger partial charge in [-0.05, 0) is 12.0 Å². The third-order valence-electron chi connectivity index (χ3n) is 2.90. The Hall–Kier alpha value is -1.61. The first-order valence-corrected chi connectivity index (χ1v) is 6.23. The van der Waals surface area contributed by atoms with Crippen LogP contribution in [-0.4, -0.2) is 35.6 Å². The number of nitrogens with zero attached hydrogens (tertiary/aromatic N) is 1. The molecule has 0 fully saturated rings. The maximum Gasteiger partial charge on any atom is 0.307 e. The van der Waals surface area contributed by atoms with Crippen LogP contribution in [0, 0.1) is 5.92 Å². The molecule has 0 aromatic heterocycles. The van der Waals surface area contributed by atoms with E-state index in [0.29, 0.717) is 6.54 Å². The van der Waals surface area contributed by atoms with Crippen LogP contribution in [0.4, 0.5) is 0 Å². The highest BCUT2D eigenvalue weighted by Gasteiger charge is 2.15. The van der Waals surface area contributed by atoms with E-state index < -0.39 is 5.97 Å². The average Bonchev–Trinajstić information content (AvgIpc) is 2.37. The van der Waals surface area contributed by atoms with Crippen molar-refractivity contribution < 1.29 is 9.90 Å². The lowest BCUT2D eigenvalue weighted by atomic mass is 10.1. The second kappa shape index (κ2) is 7.67. The van der Waals surface area contributed by atoms with Gasteiger partial charge in [-0.25, -0.2) is 0 Å². The van der Waals surface area contributed by atoms with Crippen LogP contribution >= 0.6 is 0 Å². The number of hydrogen-bond donors (Lipinski definition) is 1. The van der Waals surface area contributed by atoms with E-state index in [1.165, 1.54) is 5.56 Å². The maximum absolute atomic E-state index is 10.9. The Balaban J connectivity index is 2.47. The van der Waals surface area contributed by atoms with Crippen LogP contribution in [0.15, 0.2) is 43.0 Å². The molecule has 3 nitrogen and oxygen atoms in total. The number of carbonyl (C=O) groups is 1. The van der Waals surface area contributed by atoms with Crippen LogP contribution in [0.2, 0.25) is 0 Å². The van der Waals surface area contributed by atoms with E-state index in [-0.39, 0.29) is 5.92 Å². The van der Waals surface area contributed by atoms with Crippen molar-refractivity contribution in [2.24, 2.45) is 5.92 Å². The zero-order valence-electron chi connectivity index (χ0n) is 10.9. The second-order valence-electron chi connectivity index (χ2n) is 4.52. The fourth-order valence-corrected chi connectivity index (χ4v) is 1.84. The molecule has 0 saturated heterocycles. The molecule has 0 aliphatic rings. The third kappa shape index (κ3) is 5.15. The molecule has 1 unspecified atom stereocenters. The largest absolute Gasteiger partial charge is 0.481 e. The second-order valence-corrected chi connectivity index (χ2v) is 4.52. The zero-order chi connectivity index (χ0) is 13.4. The molecule has 0 radical (unpaired) electrons. The van der Waals surface area contributed by atoms with Crippen LogP contribution in [0.3, 0.4) is 0 Å². The van der Waals surface area contributed by atoms with Gasteiger partial charge in [0.15, 0.2) is 0 Å². The SMILES string of the molecule is C=CCN(CCc1ccccc1)CC(C)C(=O)O. The first-order chi connectivity index (χ1) is 8.63. The van der Waals surface area contributed by atoms with E-state index in [4.69, 9.17) is 5.11 Å². The van der Waals surface area contributed by atoms with Crippen molar-refractivity contribution in [1.82, 2.24) is 4.90 Å². The van der Waals surface area contributed by atoms with Gasteiger partial charge in [0, 0.05) is 19.6 Å². The van der Waals surface area contributed by atoms with Crippen molar-refractivity contribution in [3.63, 3.8) is 0 Å². The van der Waals surface area contributed by atoms with E-state index in [9.17, 15) is 4.79 Å². The van der Waals surface area contributed by atoms with Gasteiger partial charge in [-0.1, -0.05) is 43.3 Å². The first-order valence-electron chi connectivity index (χ1n) is 6.23. The normalized spacial score (nSPS) is 12.3. The Morgan fingerprint density at radius 3 is 2.67 bits per heavy atom. The van der Waals surface area contributed by atoms with Crippen molar-refractivity contribution in [3.05, 3.63) is 48.6 Å². The molecule has 1 aromatic carbocycles. The van der Waals surface area contributed by atoms with Crippen molar-refractivity contribution in [1.29, 1.82) is 0 Å². The molecule has 0 saturated carbocycles. The lowest BCUT2D eigenvalue weighted by Crippen LogP contribution is -2.33. The van der Waals surface area contributed by atoms with Gasteiger partial charge in [0.05, 0.1) is 5.92 Å².